The third kappa shape index (κ3) is 5.25. The lowest BCUT2D eigenvalue weighted by atomic mass is 9.95. The van der Waals surface area contributed by atoms with Gasteiger partial charge in [-0.1, -0.05) is 30.3 Å². The average Bonchev–Trinajstić information content (AvgIpc) is 2.74. The minimum atomic E-state index is -0.376. The van der Waals surface area contributed by atoms with Crippen molar-refractivity contribution in [2.24, 2.45) is 5.92 Å². The Morgan fingerprint density at radius 1 is 1.10 bits per heavy atom. The van der Waals surface area contributed by atoms with Crippen molar-refractivity contribution in [3.05, 3.63) is 71.8 Å². The van der Waals surface area contributed by atoms with Gasteiger partial charge in [-0.05, 0) is 61.2 Å². The molecule has 0 fully saturated rings. The fraction of sp³-hybridized carbons (Fsp3) is 0.333. The second-order valence-electron chi connectivity index (χ2n) is 7.00. The largest absolute Gasteiger partial charge is 0.497 e. The van der Waals surface area contributed by atoms with Crippen molar-refractivity contribution in [2.75, 3.05) is 13.7 Å². The standard InChI is InChI=1S/C24H27NO4/c1-3-29-24(27)20-10-7-11-23(26)25(17-18-8-5-4-6-9-18)22(16-20)19-12-14-21(28-2)15-13-19/h4-6,8-9,12-16,20H,3,7,10-11,17H2,1-2H3/b22-16-. The maximum absolute atomic E-state index is 13.0. The lowest BCUT2D eigenvalue weighted by molar-refractivity contribution is -0.147. The van der Waals surface area contributed by atoms with Gasteiger partial charge >= 0.3 is 5.97 Å². The van der Waals surface area contributed by atoms with Crippen molar-refractivity contribution in [2.45, 2.75) is 32.7 Å². The molecular formula is C24H27NO4. The molecule has 0 radical (unpaired) electrons. The van der Waals surface area contributed by atoms with Crippen LogP contribution in [-0.2, 0) is 20.9 Å². The summed E-state index contributed by atoms with van der Waals surface area (Å²) in [5, 5.41) is 0. The second kappa shape index (κ2) is 9.92. The van der Waals surface area contributed by atoms with Gasteiger partial charge < -0.3 is 14.4 Å². The Bertz CT molecular complexity index is 858. The van der Waals surface area contributed by atoms with E-state index in [9.17, 15) is 9.59 Å². The summed E-state index contributed by atoms with van der Waals surface area (Å²) in [6, 6.07) is 17.4. The van der Waals surface area contributed by atoms with Crippen molar-refractivity contribution in [1.29, 1.82) is 0 Å². The normalized spacial score (nSPS) is 19.0. The Kier molecular flexibility index (Phi) is 7.06. The molecule has 0 N–H and O–H groups in total. The summed E-state index contributed by atoms with van der Waals surface area (Å²) in [6.07, 6.45) is 3.54. The first-order valence-corrected chi connectivity index (χ1v) is 9.99. The summed E-state index contributed by atoms with van der Waals surface area (Å²) in [5.41, 5.74) is 2.64. The smallest absolute Gasteiger partial charge is 0.312 e. The zero-order valence-corrected chi connectivity index (χ0v) is 17.0. The summed E-state index contributed by atoms with van der Waals surface area (Å²) in [7, 11) is 1.62. The Morgan fingerprint density at radius 2 is 1.83 bits per heavy atom. The number of methoxy groups -OCH3 is 1. The lowest BCUT2D eigenvalue weighted by Gasteiger charge is -2.29. The first-order valence-electron chi connectivity index (χ1n) is 9.99. The molecule has 152 valence electrons. The van der Waals surface area contributed by atoms with Gasteiger partial charge in [0.25, 0.3) is 0 Å². The van der Waals surface area contributed by atoms with Crippen molar-refractivity contribution >= 4 is 17.6 Å². The van der Waals surface area contributed by atoms with Crippen LogP contribution in [0.5, 0.6) is 5.75 Å². The number of carbonyl (C=O) groups excluding carboxylic acids is 2. The van der Waals surface area contributed by atoms with Crippen LogP contribution in [0.15, 0.2) is 60.7 Å². The van der Waals surface area contributed by atoms with Gasteiger partial charge in [0.1, 0.15) is 5.75 Å². The van der Waals surface area contributed by atoms with Crippen molar-refractivity contribution in [3.63, 3.8) is 0 Å². The van der Waals surface area contributed by atoms with E-state index in [1.807, 2.05) is 60.7 Å². The molecule has 0 bridgehead atoms. The van der Waals surface area contributed by atoms with Crippen molar-refractivity contribution in [1.82, 2.24) is 4.90 Å². The van der Waals surface area contributed by atoms with Gasteiger partial charge in [0.05, 0.1) is 26.2 Å². The van der Waals surface area contributed by atoms with E-state index in [2.05, 4.69) is 0 Å². The molecule has 1 aliphatic heterocycles. The third-order valence-corrected chi connectivity index (χ3v) is 5.02. The lowest BCUT2D eigenvalue weighted by Crippen LogP contribution is -2.32. The van der Waals surface area contributed by atoms with E-state index >= 15 is 0 Å². The van der Waals surface area contributed by atoms with Gasteiger partial charge in [0, 0.05) is 12.1 Å². The van der Waals surface area contributed by atoms with Crippen LogP contribution in [-0.4, -0.2) is 30.5 Å². The molecule has 2 aromatic carbocycles. The van der Waals surface area contributed by atoms with E-state index in [1.165, 1.54) is 0 Å². The highest BCUT2D eigenvalue weighted by atomic mass is 16.5. The van der Waals surface area contributed by atoms with Gasteiger partial charge in [-0.2, -0.15) is 0 Å². The van der Waals surface area contributed by atoms with Crippen LogP contribution >= 0.6 is 0 Å². The summed E-state index contributed by atoms with van der Waals surface area (Å²) in [6.45, 7) is 2.60. The number of ether oxygens (including phenoxy) is 2. The van der Waals surface area contributed by atoms with E-state index in [4.69, 9.17) is 9.47 Å². The summed E-state index contributed by atoms with van der Waals surface area (Å²) in [5.74, 6) is 0.173. The Labute approximate surface area is 171 Å². The molecule has 3 rings (SSSR count). The van der Waals surface area contributed by atoms with Crippen LogP contribution in [0.1, 0.15) is 37.3 Å². The minimum Gasteiger partial charge on any atom is -0.497 e. The second-order valence-corrected chi connectivity index (χ2v) is 7.00. The van der Waals surface area contributed by atoms with Crippen molar-refractivity contribution in [3.8, 4) is 5.75 Å². The highest BCUT2D eigenvalue weighted by Crippen LogP contribution is 2.30. The number of benzene rings is 2. The zero-order valence-electron chi connectivity index (χ0n) is 17.0. The molecule has 0 saturated carbocycles. The van der Waals surface area contributed by atoms with E-state index in [0.717, 1.165) is 22.6 Å². The maximum Gasteiger partial charge on any atom is 0.312 e. The molecule has 0 aromatic heterocycles. The topological polar surface area (TPSA) is 55.8 Å². The predicted molar refractivity (Wildman–Crippen MR) is 112 cm³/mol. The van der Waals surface area contributed by atoms with Crippen LogP contribution in [0, 0.1) is 5.92 Å². The summed E-state index contributed by atoms with van der Waals surface area (Å²) < 4.78 is 10.5. The van der Waals surface area contributed by atoms with Gasteiger partial charge in [-0.15, -0.1) is 0 Å². The van der Waals surface area contributed by atoms with Crippen LogP contribution in [0.2, 0.25) is 0 Å². The SMILES string of the molecule is CCOC(=O)C1/C=C(/c2ccc(OC)cc2)N(Cc2ccccc2)C(=O)CCC1. The molecule has 1 aliphatic rings. The molecule has 0 spiro atoms. The van der Waals surface area contributed by atoms with E-state index in [1.54, 1.807) is 18.9 Å². The van der Waals surface area contributed by atoms with E-state index in [0.29, 0.717) is 32.4 Å². The number of amides is 1. The number of esters is 1. The number of nitrogens with zero attached hydrogens (tertiary/aromatic N) is 1. The first kappa shape index (κ1) is 20.6. The summed E-state index contributed by atoms with van der Waals surface area (Å²) in [4.78, 5) is 27.3. The number of carbonyl (C=O) groups is 2. The maximum atomic E-state index is 13.0. The number of hydrogen-bond acceptors (Lipinski definition) is 4. The fourth-order valence-electron chi connectivity index (χ4n) is 3.49. The molecule has 1 heterocycles. The number of hydrogen-bond donors (Lipinski definition) is 0. The molecule has 0 saturated heterocycles. The van der Waals surface area contributed by atoms with Crippen LogP contribution < -0.4 is 4.74 Å². The van der Waals surface area contributed by atoms with Gasteiger partial charge in [-0.25, -0.2) is 0 Å². The molecule has 1 atom stereocenters. The van der Waals surface area contributed by atoms with Crippen LogP contribution in [0.25, 0.3) is 5.70 Å². The highest BCUT2D eigenvalue weighted by molar-refractivity contribution is 5.89. The number of rotatable bonds is 6. The molecule has 29 heavy (non-hydrogen) atoms. The third-order valence-electron chi connectivity index (χ3n) is 5.02. The highest BCUT2D eigenvalue weighted by Gasteiger charge is 2.27. The van der Waals surface area contributed by atoms with Crippen LogP contribution in [0.4, 0.5) is 0 Å². The minimum absolute atomic E-state index is 0.0539. The Hall–Kier alpha value is -3.08. The molecule has 1 unspecified atom stereocenters. The molecular weight excluding hydrogens is 366 g/mol. The first-order chi connectivity index (χ1) is 14.1. The van der Waals surface area contributed by atoms with Gasteiger partial charge in [-0.3, -0.25) is 9.59 Å². The molecule has 1 amide bonds. The molecule has 2 aromatic rings. The fourth-order valence-corrected chi connectivity index (χ4v) is 3.49. The molecule has 5 heteroatoms. The molecule has 0 aliphatic carbocycles. The Balaban J connectivity index is 2.04. The predicted octanol–water partition coefficient (Wildman–Crippen LogP) is 4.43. The van der Waals surface area contributed by atoms with E-state index in [-0.39, 0.29) is 17.8 Å². The van der Waals surface area contributed by atoms with E-state index < -0.39 is 0 Å². The molecule has 5 nitrogen and oxygen atoms in total. The quantitative estimate of drug-likeness (QED) is 0.682. The van der Waals surface area contributed by atoms with Crippen molar-refractivity contribution < 1.29 is 19.1 Å². The zero-order chi connectivity index (χ0) is 20.6. The van der Waals surface area contributed by atoms with Gasteiger partial charge in [0.2, 0.25) is 5.91 Å². The monoisotopic (exact) mass is 393 g/mol. The average molecular weight is 393 g/mol. The Morgan fingerprint density at radius 3 is 2.48 bits per heavy atom. The van der Waals surface area contributed by atoms with Crippen LogP contribution in [0.3, 0.4) is 0 Å². The van der Waals surface area contributed by atoms with Gasteiger partial charge in [0.15, 0.2) is 0 Å². The summed E-state index contributed by atoms with van der Waals surface area (Å²) >= 11 is 0.